The van der Waals surface area contributed by atoms with Gasteiger partial charge in [-0.3, -0.25) is 4.89 Å². The lowest BCUT2D eigenvalue weighted by molar-refractivity contribution is -0.232. The molecule has 1 aromatic rings. The van der Waals surface area contributed by atoms with Gasteiger partial charge in [0.1, 0.15) is 6.61 Å². The highest BCUT2D eigenvalue weighted by atomic mass is 35.5. The van der Waals surface area contributed by atoms with E-state index in [1.54, 1.807) is 18.2 Å². The highest BCUT2D eigenvalue weighted by molar-refractivity contribution is 6.31. The van der Waals surface area contributed by atoms with Crippen LogP contribution >= 0.6 is 11.6 Å². The SMILES string of the molecule is O=[C]OOCc1ccccc1Cl. The van der Waals surface area contributed by atoms with E-state index in [9.17, 15) is 4.79 Å². The molecule has 0 aliphatic heterocycles. The third kappa shape index (κ3) is 2.53. The van der Waals surface area contributed by atoms with Crippen molar-refractivity contribution in [3.05, 3.63) is 34.9 Å². The monoisotopic (exact) mass is 185 g/mol. The van der Waals surface area contributed by atoms with Crippen molar-refractivity contribution in [3.8, 4) is 0 Å². The summed E-state index contributed by atoms with van der Waals surface area (Å²) in [5, 5.41) is 0.576. The van der Waals surface area contributed by atoms with Crippen molar-refractivity contribution in [2.24, 2.45) is 0 Å². The molecule has 0 unspecified atom stereocenters. The summed E-state index contributed by atoms with van der Waals surface area (Å²) in [6.07, 6.45) is 0. The highest BCUT2D eigenvalue weighted by Crippen LogP contribution is 2.15. The van der Waals surface area contributed by atoms with Crippen LogP contribution in [0.4, 0.5) is 0 Å². The van der Waals surface area contributed by atoms with E-state index >= 15 is 0 Å². The van der Waals surface area contributed by atoms with Crippen molar-refractivity contribution in [3.63, 3.8) is 0 Å². The minimum Gasteiger partial charge on any atom is -0.285 e. The zero-order valence-electron chi connectivity index (χ0n) is 6.12. The predicted octanol–water partition coefficient (Wildman–Crippen LogP) is 1.86. The molecule has 0 amide bonds. The molecule has 1 radical (unpaired) electrons. The fourth-order valence-electron chi connectivity index (χ4n) is 0.732. The average Bonchev–Trinajstić information content (AvgIpc) is 2.09. The van der Waals surface area contributed by atoms with E-state index in [1.165, 1.54) is 0 Å². The van der Waals surface area contributed by atoms with Crippen LogP contribution in [0.2, 0.25) is 5.02 Å². The zero-order valence-corrected chi connectivity index (χ0v) is 6.88. The molecule has 63 valence electrons. The van der Waals surface area contributed by atoms with E-state index < -0.39 is 0 Å². The molecule has 0 N–H and O–H groups in total. The van der Waals surface area contributed by atoms with Crippen LogP contribution in [-0.2, 0) is 21.2 Å². The molecule has 0 aliphatic rings. The Kier molecular flexibility index (Phi) is 3.57. The Morgan fingerprint density at radius 3 is 2.83 bits per heavy atom. The maximum atomic E-state index is 9.57. The van der Waals surface area contributed by atoms with Gasteiger partial charge < -0.3 is 0 Å². The normalized spacial score (nSPS) is 9.42. The van der Waals surface area contributed by atoms with Gasteiger partial charge in [0.15, 0.2) is 0 Å². The number of hydrogen-bond donors (Lipinski definition) is 0. The van der Waals surface area contributed by atoms with E-state index in [-0.39, 0.29) is 6.61 Å². The summed E-state index contributed by atoms with van der Waals surface area (Å²) in [6.45, 7) is 1.28. The Balaban J connectivity index is 2.51. The van der Waals surface area contributed by atoms with Crippen molar-refractivity contribution in [1.29, 1.82) is 0 Å². The predicted molar refractivity (Wildman–Crippen MR) is 43.0 cm³/mol. The molecule has 12 heavy (non-hydrogen) atoms. The number of halogens is 1. The largest absolute Gasteiger partial charge is 0.453 e. The summed E-state index contributed by atoms with van der Waals surface area (Å²) < 4.78 is 0. The summed E-state index contributed by atoms with van der Waals surface area (Å²) >= 11 is 5.77. The Hall–Kier alpha value is -1.06. The molecular weight excluding hydrogens is 180 g/mol. The third-order valence-electron chi connectivity index (χ3n) is 1.27. The van der Waals surface area contributed by atoms with E-state index in [2.05, 4.69) is 9.78 Å². The summed E-state index contributed by atoms with van der Waals surface area (Å²) in [7, 11) is 0. The van der Waals surface area contributed by atoms with Crippen LogP contribution in [0.15, 0.2) is 24.3 Å². The first kappa shape index (κ1) is 9.03. The number of carbonyl (C=O) groups excluding carboxylic acids is 1. The van der Waals surface area contributed by atoms with Crippen LogP contribution in [0.25, 0.3) is 0 Å². The number of benzene rings is 1. The number of hydrogen-bond acceptors (Lipinski definition) is 3. The van der Waals surface area contributed by atoms with Crippen LogP contribution < -0.4 is 0 Å². The van der Waals surface area contributed by atoms with Gasteiger partial charge in [-0.2, -0.15) is 4.89 Å². The second-order valence-corrected chi connectivity index (χ2v) is 2.43. The Bertz CT molecular complexity index is 262. The Labute approximate surface area is 74.8 Å². The quantitative estimate of drug-likeness (QED) is 0.408. The molecule has 4 heteroatoms. The molecule has 3 nitrogen and oxygen atoms in total. The van der Waals surface area contributed by atoms with Gasteiger partial charge in [-0.1, -0.05) is 29.8 Å². The summed E-state index contributed by atoms with van der Waals surface area (Å²) in [5.74, 6) is 0. The van der Waals surface area contributed by atoms with E-state index in [1.807, 2.05) is 6.07 Å². The van der Waals surface area contributed by atoms with Crippen molar-refractivity contribution < 1.29 is 14.6 Å². The molecule has 1 aromatic carbocycles. The Morgan fingerprint density at radius 2 is 2.17 bits per heavy atom. The second-order valence-electron chi connectivity index (χ2n) is 2.02. The molecule has 0 aliphatic carbocycles. The minimum atomic E-state index is 0.134. The van der Waals surface area contributed by atoms with E-state index in [4.69, 9.17) is 11.6 Å². The van der Waals surface area contributed by atoms with Crippen molar-refractivity contribution in [1.82, 2.24) is 0 Å². The lowest BCUT2D eigenvalue weighted by Crippen LogP contribution is -1.93. The fraction of sp³-hybridized carbons (Fsp3) is 0.125. The smallest absolute Gasteiger partial charge is 0.285 e. The van der Waals surface area contributed by atoms with Crippen molar-refractivity contribution in [2.75, 3.05) is 0 Å². The van der Waals surface area contributed by atoms with E-state index in [0.717, 1.165) is 12.0 Å². The highest BCUT2D eigenvalue weighted by Gasteiger charge is 1.98. The van der Waals surface area contributed by atoms with Gasteiger partial charge in [-0.05, 0) is 6.07 Å². The van der Waals surface area contributed by atoms with Crippen molar-refractivity contribution in [2.45, 2.75) is 6.61 Å². The Morgan fingerprint density at radius 1 is 1.42 bits per heavy atom. The molecule has 0 heterocycles. The van der Waals surface area contributed by atoms with Gasteiger partial charge in [0, 0.05) is 10.6 Å². The molecule has 0 atom stereocenters. The van der Waals surface area contributed by atoms with E-state index in [0.29, 0.717) is 5.02 Å². The standard InChI is InChI=1S/C8H6ClO3/c9-8-4-2-1-3-7(8)5-11-12-6-10/h1-4H,5H2. The maximum Gasteiger partial charge on any atom is 0.453 e. The number of rotatable bonds is 4. The first-order chi connectivity index (χ1) is 5.84. The molecule has 1 rings (SSSR count). The van der Waals surface area contributed by atoms with Crippen LogP contribution in [0, 0.1) is 0 Å². The zero-order chi connectivity index (χ0) is 8.81. The maximum absolute atomic E-state index is 9.57. The van der Waals surface area contributed by atoms with Crippen LogP contribution in [0.1, 0.15) is 5.56 Å². The first-order valence-electron chi connectivity index (χ1n) is 3.23. The summed E-state index contributed by atoms with van der Waals surface area (Å²) in [4.78, 5) is 17.9. The van der Waals surface area contributed by atoms with Crippen LogP contribution in [0.3, 0.4) is 0 Å². The third-order valence-corrected chi connectivity index (χ3v) is 1.63. The van der Waals surface area contributed by atoms with Gasteiger partial charge in [-0.25, -0.2) is 4.79 Å². The summed E-state index contributed by atoms with van der Waals surface area (Å²) in [6, 6.07) is 7.12. The molecule has 0 saturated heterocycles. The molecular formula is C8H6ClO3. The van der Waals surface area contributed by atoms with Gasteiger partial charge in [-0.15, -0.1) is 0 Å². The molecule has 0 aromatic heterocycles. The van der Waals surface area contributed by atoms with Gasteiger partial charge >= 0.3 is 6.47 Å². The lowest BCUT2D eigenvalue weighted by Gasteiger charge is -2.00. The van der Waals surface area contributed by atoms with Crippen LogP contribution in [-0.4, -0.2) is 6.47 Å². The van der Waals surface area contributed by atoms with Crippen molar-refractivity contribution >= 4 is 18.1 Å². The summed E-state index contributed by atoms with van der Waals surface area (Å²) in [5.41, 5.74) is 0.759. The first-order valence-corrected chi connectivity index (χ1v) is 3.61. The second kappa shape index (κ2) is 4.74. The minimum absolute atomic E-state index is 0.134. The van der Waals surface area contributed by atoms with Gasteiger partial charge in [0.05, 0.1) is 0 Å². The van der Waals surface area contributed by atoms with Gasteiger partial charge in [0.2, 0.25) is 0 Å². The lowest BCUT2D eigenvalue weighted by atomic mass is 10.2. The topological polar surface area (TPSA) is 35.5 Å². The average molecular weight is 186 g/mol. The molecule has 0 spiro atoms. The molecule has 0 fully saturated rings. The molecule has 0 saturated carbocycles. The fourth-order valence-corrected chi connectivity index (χ4v) is 0.923. The molecule has 0 bridgehead atoms. The van der Waals surface area contributed by atoms with Crippen LogP contribution in [0.5, 0.6) is 0 Å². The van der Waals surface area contributed by atoms with Gasteiger partial charge in [0.25, 0.3) is 0 Å².